The van der Waals surface area contributed by atoms with Gasteiger partial charge in [0.1, 0.15) is 5.75 Å². The second-order valence-electron chi connectivity index (χ2n) is 5.21. The molecule has 0 fully saturated rings. The van der Waals surface area contributed by atoms with Crippen LogP contribution >= 0.6 is 15.9 Å². The van der Waals surface area contributed by atoms with E-state index in [9.17, 15) is 0 Å². The maximum atomic E-state index is 5.32. The Balaban J connectivity index is 1.91. The van der Waals surface area contributed by atoms with Gasteiger partial charge in [-0.05, 0) is 52.2 Å². The Hall–Kier alpha value is -1.52. The lowest BCUT2D eigenvalue weighted by atomic mass is 9.99. The molecular weight excluding hydrogens is 328 g/mol. The van der Waals surface area contributed by atoms with Crippen LogP contribution in [0.15, 0.2) is 46.9 Å². The second kappa shape index (κ2) is 6.50. The maximum absolute atomic E-state index is 5.32. The summed E-state index contributed by atoms with van der Waals surface area (Å²) in [6.45, 7) is 1.95. The van der Waals surface area contributed by atoms with E-state index in [-0.39, 0.29) is 0 Å². The number of halogens is 1. The van der Waals surface area contributed by atoms with Crippen molar-refractivity contribution in [2.24, 2.45) is 0 Å². The SMILES string of the molecule is COc1ccc(Br)c(NC2CCNCc3ccccc32)c1. The van der Waals surface area contributed by atoms with E-state index in [4.69, 9.17) is 4.74 Å². The van der Waals surface area contributed by atoms with E-state index in [0.29, 0.717) is 6.04 Å². The number of rotatable bonds is 3. The summed E-state index contributed by atoms with van der Waals surface area (Å²) >= 11 is 3.61. The lowest BCUT2D eigenvalue weighted by Gasteiger charge is -2.21. The van der Waals surface area contributed by atoms with E-state index in [1.807, 2.05) is 18.2 Å². The van der Waals surface area contributed by atoms with Crippen molar-refractivity contribution >= 4 is 21.6 Å². The number of ether oxygens (including phenoxy) is 1. The predicted molar refractivity (Wildman–Crippen MR) is 89.8 cm³/mol. The zero-order valence-electron chi connectivity index (χ0n) is 12.0. The van der Waals surface area contributed by atoms with E-state index >= 15 is 0 Å². The quantitative estimate of drug-likeness (QED) is 0.877. The third kappa shape index (κ3) is 3.22. The Labute approximate surface area is 133 Å². The molecule has 0 aliphatic carbocycles. The Morgan fingerprint density at radius 2 is 2.10 bits per heavy atom. The van der Waals surface area contributed by atoms with Crippen LogP contribution in [-0.4, -0.2) is 13.7 Å². The first-order valence-corrected chi connectivity index (χ1v) is 7.96. The van der Waals surface area contributed by atoms with Crippen LogP contribution in [0.5, 0.6) is 5.75 Å². The van der Waals surface area contributed by atoms with Gasteiger partial charge in [0.05, 0.1) is 18.8 Å². The molecule has 1 heterocycles. The number of hydrogen-bond acceptors (Lipinski definition) is 3. The number of nitrogens with one attached hydrogen (secondary N) is 2. The van der Waals surface area contributed by atoms with Crippen molar-refractivity contribution in [3.63, 3.8) is 0 Å². The molecule has 2 aromatic carbocycles. The van der Waals surface area contributed by atoms with Crippen molar-refractivity contribution < 1.29 is 4.74 Å². The van der Waals surface area contributed by atoms with Crippen molar-refractivity contribution in [1.82, 2.24) is 5.32 Å². The van der Waals surface area contributed by atoms with Gasteiger partial charge in [-0.15, -0.1) is 0 Å². The van der Waals surface area contributed by atoms with Crippen LogP contribution in [0.2, 0.25) is 0 Å². The van der Waals surface area contributed by atoms with Gasteiger partial charge in [0, 0.05) is 17.1 Å². The van der Waals surface area contributed by atoms with Gasteiger partial charge in [0.15, 0.2) is 0 Å². The Morgan fingerprint density at radius 3 is 2.95 bits per heavy atom. The monoisotopic (exact) mass is 346 g/mol. The molecule has 0 saturated carbocycles. The fraction of sp³-hybridized carbons (Fsp3) is 0.294. The third-order valence-electron chi connectivity index (χ3n) is 3.86. The molecule has 3 nitrogen and oxygen atoms in total. The molecular formula is C17H19BrN2O. The average Bonchev–Trinajstić information content (AvgIpc) is 2.72. The van der Waals surface area contributed by atoms with Gasteiger partial charge in [-0.25, -0.2) is 0 Å². The van der Waals surface area contributed by atoms with Gasteiger partial charge in [0.2, 0.25) is 0 Å². The van der Waals surface area contributed by atoms with E-state index in [2.05, 4.69) is 50.8 Å². The van der Waals surface area contributed by atoms with Gasteiger partial charge < -0.3 is 15.4 Å². The van der Waals surface area contributed by atoms with E-state index in [1.165, 1.54) is 11.1 Å². The van der Waals surface area contributed by atoms with Crippen LogP contribution < -0.4 is 15.4 Å². The molecule has 4 heteroatoms. The molecule has 21 heavy (non-hydrogen) atoms. The number of anilines is 1. The summed E-state index contributed by atoms with van der Waals surface area (Å²) in [5, 5.41) is 7.13. The van der Waals surface area contributed by atoms with E-state index < -0.39 is 0 Å². The highest BCUT2D eigenvalue weighted by Gasteiger charge is 2.18. The first-order chi connectivity index (χ1) is 10.3. The summed E-state index contributed by atoms with van der Waals surface area (Å²) in [7, 11) is 1.69. The van der Waals surface area contributed by atoms with Crippen molar-refractivity contribution in [2.45, 2.75) is 19.0 Å². The van der Waals surface area contributed by atoms with Crippen molar-refractivity contribution in [1.29, 1.82) is 0 Å². The van der Waals surface area contributed by atoms with Crippen LogP contribution in [0.3, 0.4) is 0 Å². The van der Waals surface area contributed by atoms with Crippen LogP contribution in [-0.2, 0) is 6.54 Å². The fourth-order valence-electron chi connectivity index (χ4n) is 2.74. The topological polar surface area (TPSA) is 33.3 Å². The minimum Gasteiger partial charge on any atom is -0.497 e. The van der Waals surface area contributed by atoms with Crippen molar-refractivity contribution in [3.05, 3.63) is 58.1 Å². The molecule has 1 unspecified atom stereocenters. The molecule has 1 aliphatic rings. The minimum atomic E-state index is 0.305. The van der Waals surface area contributed by atoms with E-state index in [1.54, 1.807) is 7.11 Å². The van der Waals surface area contributed by atoms with Crippen LogP contribution in [0.1, 0.15) is 23.6 Å². The van der Waals surface area contributed by atoms with Gasteiger partial charge >= 0.3 is 0 Å². The molecule has 0 spiro atoms. The molecule has 2 aromatic rings. The lowest BCUT2D eigenvalue weighted by molar-refractivity contribution is 0.415. The normalized spacial score (nSPS) is 17.7. The summed E-state index contributed by atoms with van der Waals surface area (Å²) in [5.74, 6) is 0.862. The number of fused-ring (bicyclic) bond motifs is 1. The van der Waals surface area contributed by atoms with Gasteiger partial charge in [-0.2, -0.15) is 0 Å². The number of methoxy groups -OCH3 is 1. The molecule has 0 bridgehead atoms. The summed E-state index contributed by atoms with van der Waals surface area (Å²) < 4.78 is 6.37. The van der Waals surface area contributed by atoms with Gasteiger partial charge in [-0.3, -0.25) is 0 Å². The Bertz CT molecular complexity index is 630. The van der Waals surface area contributed by atoms with Crippen LogP contribution in [0.4, 0.5) is 5.69 Å². The summed E-state index contributed by atoms with van der Waals surface area (Å²) in [6, 6.07) is 14.9. The van der Waals surface area contributed by atoms with E-state index in [0.717, 1.165) is 35.4 Å². The second-order valence-corrected chi connectivity index (χ2v) is 6.06. The Morgan fingerprint density at radius 1 is 1.24 bits per heavy atom. The van der Waals surface area contributed by atoms with Crippen LogP contribution in [0, 0.1) is 0 Å². The molecule has 3 rings (SSSR count). The third-order valence-corrected chi connectivity index (χ3v) is 4.55. The molecule has 0 amide bonds. The fourth-order valence-corrected chi connectivity index (χ4v) is 3.10. The molecule has 0 aromatic heterocycles. The lowest BCUT2D eigenvalue weighted by Crippen LogP contribution is -2.15. The molecule has 1 atom stereocenters. The number of hydrogen-bond donors (Lipinski definition) is 2. The predicted octanol–water partition coefficient (Wildman–Crippen LogP) is 4.10. The van der Waals surface area contributed by atoms with Gasteiger partial charge in [0.25, 0.3) is 0 Å². The maximum Gasteiger partial charge on any atom is 0.121 e. The van der Waals surface area contributed by atoms with Crippen molar-refractivity contribution in [2.75, 3.05) is 19.0 Å². The zero-order valence-corrected chi connectivity index (χ0v) is 13.6. The highest BCUT2D eigenvalue weighted by molar-refractivity contribution is 9.10. The smallest absolute Gasteiger partial charge is 0.121 e. The van der Waals surface area contributed by atoms with Crippen molar-refractivity contribution in [3.8, 4) is 5.75 Å². The first-order valence-electron chi connectivity index (χ1n) is 7.16. The highest BCUT2D eigenvalue weighted by atomic mass is 79.9. The van der Waals surface area contributed by atoms with Gasteiger partial charge in [-0.1, -0.05) is 24.3 Å². The molecule has 0 saturated heterocycles. The molecule has 2 N–H and O–H groups in total. The highest BCUT2D eigenvalue weighted by Crippen LogP contribution is 2.33. The largest absolute Gasteiger partial charge is 0.497 e. The summed E-state index contributed by atoms with van der Waals surface area (Å²) in [5.41, 5.74) is 3.81. The number of benzene rings is 2. The first kappa shape index (κ1) is 14.4. The van der Waals surface area contributed by atoms with Crippen LogP contribution in [0.25, 0.3) is 0 Å². The standard InChI is InChI=1S/C17H19BrN2O/c1-21-13-6-7-15(18)17(10-13)20-16-8-9-19-11-12-4-2-3-5-14(12)16/h2-7,10,16,19-20H,8-9,11H2,1H3. The molecule has 110 valence electrons. The summed E-state index contributed by atoms with van der Waals surface area (Å²) in [6.07, 6.45) is 1.06. The molecule has 0 radical (unpaired) electrons. The zero-order chi connectivity index (χ0) is 14.7. The minimum absolute atomic E-state index is 0.305. The Kier molecular flexibility index (Phi) is 4.46. The summed E-state index contributed by atoms with van der Waals surface area (Å²) in [4.78, 5) is 0. The average molecular weight is 347 g/mol. The molecule has 1 aliphatic heterocycles.